The summed E-state index contributed by atoms with van der Waals surface area (Å²) in [6.45, 7) is 6.85. The van der Waals surface area contributed by atoms with Crippen molar-refractivity contribution >= 4 is 23.6 Å². The molecule has 176 valence electrons. The molecule has 2 aliphatic rings. The van der Waals surface area contributed by atoms with E-state index in [1.54, 1.807) is 20.8 Å². The molecule has 1 aromatic carbocycles. The van der Waals surface area contributed by atoms with E-state index in [-0.39, 0.29) is 31.7 Å². The second-order valence-electron chi connectivity index (χ2n) is 8.82. The molecule has 0 saturated carbocycles. The van der Waals surface area contributed by atoms with E-state index in [4.69, 9.17) is 14.2 Å². The van der Waals surface area contributed by atoms with Gasteiger partial charge in [-0.25, -0.2) is 9.18 Å². The van der Waals surface area contributed by atoms with Gasteiger partial charge in [0.15, 0.2) is 11.6 Å². The molecule has 3 amide bonds. The summed E-state index contributed by atoms with van der Waals surface area (Å²) in [5.74, 6) is -4.13. The topological polar surface area (TPSA) is 115 Å². The van der Waals surface area contributed by atoms with Crippen LogP contribution in [0.3, 0.4) is 0 Å². The average molecular weight is 455 g/mol. The van der Waals surface area contributed by atoms with Crippen LogP contribution in [0.5, 0.6) is 5.75 Å². The molecule has 2 aliphatic heterocycles. The number of alkyl carbamates (subject to hydrolysis) is 1. The van der Waals surface area contributed by atoms with Gasteiger partial charge in [-0.3, -0.25) is 9.59 Å². The monoisotopic (exact) mass is 455 g/mol. The van der Waals surface area contributed by atoms with Crippen LogP contribution in [0.4, 0.5) is 19.3 Å². The van der Waals surface area contributed by atoms with E-state index >= 15 is 0 Å². The molecular weight excluding hydrogens is 428 g/mol. The first kappa shape index (κ1) is 23.7. The molecule has 0 aliphatic carbocycles. The number of hydrogen-bond donors (Lipinski definition) is 3. The van der Waals surface area contributed by atoms with Gasteiger partial charge in [0.1, 0.15) is 23.3 Å². The van der Waals surface area contributed by atoms with Crippen LogP contribution in [0.25, 0.3) is 0 Å². The average Bonchev–Trinajstić information content (AvgIpc) is 2.80. The zero-order valence-electron chi connectivity index (χ0n) is 18.3. The minimum absolute atomic E-state index is 0.0450. The van der Waals surface area contributed by atoms with Crippen molar-refractivity contribution < 1.29 is 37.4 Å². The third kappa shape index (κ3) is 5.09. The van der Waals surface area contributed by atoms with E-state index in [9.17, 15) is 23.2 Å². The number of carbonyl (C=O) groups is 3. The van der Waals surface area contributed by atoms with E-state index in [1.807, 2.05) is 0 Å². The van der Waals surface area contributed by atoms with E-state index < -0.39 is 58.6 Å². The van der Waals surface area contributed by atoms with Gasteiger partial charge in [-0.05, 0) is 39.8 Å². The molecule has 2 atom stereocenters. The Morgan fingerprint density at radius 1 is 1.25 bits per heavy atom. The lowest BCUT2D eigenvalue weighted by molar-refractivity contribution is -0.136. The van der Waals surface area contributed by atoms with Crippen molar-refractivity contribution in [1.82, 2.24) is 10.6 Å². The van der Waals surface area contributed by atoms with Crippen LogP contribution in [-0.4, -0.2) is 54.4 Å². The Labute approximate surface area is 184 Å². The normalized spacial score (nSPS) is 20.8. The predicted molar refractivity (Wildman–Crippen MR) is 109 cm³/mol. The maximum Gasteiger partial charge on any atom is 0.408 e. The summed E-state index contributed by atoms with van der Waals surface area (Å²) in [4.78, 5) is 37.8. The molecule has 0 aromatic heterocycles. The lowest BCUT2D eigenvalue weighted by Crippen LogP contribution is -2.64. The van der Waals surface area contributed by atoms with Crippen molar-refractivity contribution in [3.8, 4) is 5.75 Å². The van der Waals surface area contributed by atoms with Gasteiger partial charge in [0.2, 0.25) is 11.7 Å². The summed E-state index contributed by atoms with van der Waals surface area (Å²) in [6.07, 6.45) is -0.504. The lowest BCUT2D eigenvalue weighted by atomic mass is 9.85. The zero-order valence-corrected chi connectivity index (χ0v) is 18.3. The number of anilines is 1. The predicted octanol–water partition coefficient (Wildman–Crippen LogP) is 2.24. The number of hydrogen-bond acceptors (Lipinski definition) is 6. The number of carbonyl (C=O) groups excluding carboxylic acids is 3. The maximum atomic E-state index is 14.5. The fourth-order valence-corrected chi connectivity index (χ4v) is 3.56. The standard InChI is InChI=1S/C21H27F2N3O6/c1-11(24-19(29)32-20(2,3)4)17(27)26-16-18(28)25-13-6-5-12(22)14(23)15(13)31-21(16)7-9-30-10-8-21/h5-6,11,16H,7-10H2,1-4H3,(H,24,29)(H,25,28)(H,26,27)/t11-,16+/m0/s1. The fourth-order valence-electron chi connectivity index (χ4n) is 3.56. The molecule has 3 rings (SSSR count). The summed E-state index contributed by atoms with van der Waals surface area (Å²) < 4.78 is 44.7. The molecule has 0 radical (unpaired) electrons. The minimum Gasteiger partial charge on any atom is -0.479 e. The molecular formula is C21H27F2N3O6. The van der Waals surface area contributed by atoms with Crippen LogP contribution in [0, 0.1) is 11.6 Å². The Bertz CT molecular complexity index is 912. The highest BCUT2D eigenvalue weighted by Crippen LogP contribution is 2.40. The third-order valence-corrected chi connectivity index (χ3v) is 5.15. The van der Waals surface area contributed by atoms with E-state index in [2.05, 4.69) is 16.0 Å². The van der Waals surface area contributed by atoms with Gasteiger partial charge in [-0.1, -0.05) is 0 Å². The van der Waals surface area contributed by atoms with Gasteiger partial charge >= 0.3 is 6.09 Å². The highest BCUT2D eigenvalue weighted by Gasteiger charge is 2.50. The van der Waals surface area contributed by atoms with Crippen LogP contribution in [0.15, 0.2) is 12.1 Å². The van der Waals surface area contributed by atoms with Crippen LogP contribution in [-0.2, 0) is 19.1 Å². The number of fused-ring (bicyclic) bond motifs is 1. The molecule has 1 saturated heterocycles. The van der Waals surface area contributed by atoms with Gasteiger partial charge in [0.05, 0.1) is 18.9 Å². The van der Waals surface area contributed by atoms with E-state index in [0.717, 1.165) is 6.07 Å². The second-order valence-corrected chi connectivity index (χ2v) is 8.82. The molecule has 1 aromatic rings. The molecule has 9 nitrogen and oxygen atoms in total. The number of nitrogens with one attached hydrogen (secondary N) is 3. The molecule has 1 fully saturated rings. The highest BCUT2D eigenvalue weighted by atomic mass is 19.2. The number of rotatable bonds is 3. The Morgan fingerprint density at radius 2 is 1.91 bits per heavy atom. The van der Waals surface area contributed by atoms with Crippen LogP contribution in [0.2, 0.25) is 0 Å². The van der Waals surface area contributed by atoms with Gasteiger partial charge < -0.3 is 30.2 Å². The number of ether oxygens (including phenoxy) is 3. The second kappa shape index (κ2) is 8.89. The Kier molecular flexibility index (Phi) is 6.59. The van der Waals surface area contributed by atoms with E-state index in [1.165, 1.54) is 13.0 Å². The largest absolute Gasteiger partial charge is 0.479 e. The summed E-state index contributed by atoms with van der Waals surface area (Å²) in [5, 5.41) is 7.48. The number of amides is 3. The summed E-state index contributed by atoms with van der Waals surface area (Å²) >= 11 is 0. The Balaban J connectivity index is 1.84. The van der Waals surface area contributed by atoms with Crippen molar-refractivity contribution in [3.05, 3.63) is 23.8 Å². The Morgan fingerprint density at radius 3 is 2.53 bits per heavy atom. The van der Waals surface area contributed by atoms with Crippen molar-refractivity contribution in [3.63, 3.8) is 0 Å². The molecule has 0 unspecified atom stereocenters. The minimum atomic E-state index is -1.37. The van der Waals surface area contributed by atoms with Crippen LogP contribution >= 0.6 is 0 Å². The van der Waals surface area contributed by atoms with Crippen LogP contribution < -0.4 is 20.7 Å². The first-order valence-corrected chi connectivity index (χ1v) is 10.3. The first-order chi connectivity index (χ1) is 14.9. The van der Waals surface area contributed by atoms with Crippen molar-refractivity contribution in [2.45, 2.75) is 63.8 Å². The van der Waals surface area contributed by atoms with Crippen molar-refractivity contribution in [2.24, 2.45) is 0 Å². The van der Waals surface area contributed by atoms with Crippen molar-refractivity contribution in [1.29, 1.82) is 0 Å². The molecule has 32 heavy (non-hydrogen) atoms. The first-order valence-electron chi connectivity index (χ1n) is 10.3. The molecule has 1 spiro atoms. The molecule has 0 bridgehead atoms. The van der Waals surface area contributed by atoms with Gasteiger partial charge in [0, 0.05) is 12.8 Å². The lowest BCUT2D eigenvalue weighted by Gasteiger charge is -2.41. The third-order valence-electron chi connectivity index (χ3n) is 5.15. The van der Waals surface area contributed by atoms with Gasteiger partial charge in [-0.15, -0.1) is 0 Å². The Hall–Kier alpha value is -2.95. The van der Waals surface area contributed by atoms with Crippen LogP contribution in [0.1, 0.15) is 40.5 Å². The quantitative estimate of drug-likeness (QED) is 0.644. The summed E-state index contributed by atoms with van der Waals surface area (Å²) in [6, 6.07) is -0.235. The molecule has 2 heterocycles. The zero-order chi connectivity index (χ0) is 23.7. The summed E-state index contributed by atoms with van der Waals surface area (Å²) in [5.41, 5.74) is -2.17. The summed E-state index contributed by atoms with van der Waals surface area (Å²) in [7, 11) is 0. The fraction of sp³-hybridized carbons (Fsp3) is 0.571. The number of benzene rings is 1. The molecule has 3 N–H and O–H groups in total. The van der Waals surface area contributed by atoms with Crippen molar-refractivity contribution in [2.75, 3.05) is 18.5 Å². The highest BCUT2D eigenvalue weighted by molar-refractivity contribution is 6.00. The smallest absolute Gasteiger partial charge is 0.408 e. The van der Waals surface area contributed by atoms with Gasteiger partial charge in [0.25, 0.3) is 5.91 Å². The maximum absolute atomic E-state index is 14.5. The SMILES string of the molecule is C[C@H](NC(=O)OC(C)(C)C)C(=O)N[C@@H]1C(=O)Nc2ccc(F)c(F)c2OC12CCOCC2. The van der Waals surface area contributed by atoms with Gasteiger partial charge in [-0.2, -0.15) is 4.39 Å². The number of halogens is 2. The van der Waals surface area contributed by atoms with E-state index in [0.29, 0.717) is 0 Å². The molecule has 11 heteroatoms.